The molecule has 0 bridgehead atoms. The van der Waals surface area contributed by atoms with Gasteiger partial charge in [0.05, 0.1) is 17.9 Å². The molecular formula is C28H28N2O3. The van der Waals surface area contributed by atoms with Gasteiger partial charge in [-0.15, -0.1) is 0 Å². The van der Waals surface area contributed by atoms with E-state index in [4.69, 9.17) is 4.74 Å². The fourth-order valence-electron chi connectivity index (χ4n) is 3.84. The molecular weight excluding hydrogens is 412 g/mol. The lowest BCUT2D eigenvalue weighted by molar-refractivity contribution is -0.120. The average molecular weight is 441 g/mol. The number of nitrogens with one attached hydrogen (secondary N) is 1. The highest BCUT2D eigenvalue weighted by Crippen LogP contribution is 2.35. The SMILES string of the molecule is CCCOc1cccc(N2C(=O)C(Nc3cccc(C)c3)=C(c3ccc(C)c(C)c3)C2=O)c1. The smallest absolute Gasteiger partial charge is 0.282 e. The second-order valence-electron chi connectivity index (χ2n) is 8.34. The van der Waals surface area contributed by atoms with Crippen LogP contribution in [0, 0.1) is 20.8 Å². The van der Waals surface area contributed by atoms with E-state index in [0.29, 0.717) is 29.2 Å². The van der Waals surface area contributed by atoms with Gasteiger partial charge < -0.3 is 10.1 Å². The summed E-state index contributed by atoms with van der Waals surface area (Å²) in [6, 6.07) is 20.7. The Hall–Kier alpha value is -3.86. The highest BCUT2D eigenvalue weighted by Gasteiger charge is 2.40. The second-order valence-corrected chi connectivity index (χ2v) is 8.34. The summed E-state index contributed by atoms with van der Waals surface area (Å²) in [7, 11) is 0. The predicted molar refractivity (Wildman–Crippen MR) is 132 cm³/mol. The first-order valence-corrected chi connectivity index (χ1v) is 11.2. The Morgan fingerprint density at radius 3 is 2.36 bits per heavy atom. The average Bonchev–Trinajstić information content (AvgIpc) is 3.04. The maximum Gasteiger partial charge on any atom is 0.282 e. The Morgan fingerprint density at radius 2 is 1.64 bits per heavy atom. The van der Waals surface area contributed by atoms with Crippen LogP contribution in [0.5, 0.6) is 5.75 Å². The third-order valence-electron chi connectivity index (χ3n) is 5.72. The maximum absolute atomic E-state index is 13.7. The lowest BCUT2D eigenvalue weighted by Crippen LogP contribution is -2.32. The quantitative estimate of drug-likeness (QED) is 0.472. The summed E-state index contributed by atoms with van der Waals surface area (Å²) < 4.78 is 5.72. The molecule has 0 aromatic heterocycles. The number of carbonyl (C=O) groups is 2. The van der Waals surface area contributed by atoms with E-state index in [1.807, 2.05) is 76.2 Å². The summed E-state index contributed by atoms with van der Waals surface area (Å²) in [5.41, 5.74) is 5.84. The van der Waals surface area contributed by atoms with Gasteiger partial charge in [-0.25, -0.2) is 4.90 Å². The number of imide groups is 1. The van der Waals surface area contributed by atoms with Gasteiger partial charge in [0.15, 0.2) is 0 Å². The topological polar surface area (TPSA) is 58.6 Å². The first-order valence-electron chi connectivity index (χ1n) is 11.2. The number of nitrogens with zero attached hydrogens (tertiary/aromatic N) is 1. The van der Waals surface area contributed by atoms with Crippen LogP contribution in [0.25, 0.3) is 5.57 Å². The van der Waals surface area contributed by atoms with Crippen LogP contribution in [0.4, 0.5) is 11.4 Å². The second kappa shape index (κ2) is 9.33. The molecule has 0 unspecified atom stereocenters. The maximum atomic E-state index is 13.7. The van der Waals surface area contributed by atoms with E-state index in [2.05, 4.69) is 5.32 Å². The van der Waals surface area contributed by atoms with Gasteiger partial charge in [-0.3, -0.25) is 9.59 Å². The summed E-state index contributed by atoms with van der Waals surface area (Å²) >= 11 is 0. The fourth-order valence-corrected chi connectivity index (χ4v) is 3.84. The van der Waals surface area contributed by atoms with Crippen LogP contribution in [0.1, 0.15) is 35.6 Å². The Kier molecular flexibility index (Phi) is 6.31. The molecule has 5 nitrogen and oxygen atoms in total. The minimum atomic E-state index is -0.387. The molecule has 4 rings (SSSR count). The van der Waals surface area contributed by atoms with Gasteiger partial charge in [0.2, 0.25) is 0 Å². The number of benzene rings is 3. The Bertz CT molecular complexity index is 1260. The van der Waals surface area contributed by atoms with Gasteiger partial charge in [0.1, 0.15) is 11.4 Å². The summed E-state index contributed by atoms with van der Waals surface area (Å²) in [6.45, 7) is 8.60. The number of rotatable bonds is 7. The van der Waals surface area contributed by atoms with Crippen molar-refractivity contribution in [1.82, 2.24) is 0 Å². The molecule has 0 saturated heterocycles. The molecule has 0 atom stereocenters. The first-order chi connectivity index (χ1) is 15.9. The third kappa shape index (κ3) is 4.53. The zero-order chi connectivity index (χ0) is 23.5. The van der Waals surface area contributed by atoms with E-state index in [1.165, 1.54) is 4.90 Å². The van der Waals surface area contributed by atoms with Crippen LogP contribution in [-0.4, -0.2) is 18.4 Å². The van der Waals surface area contributed by atoms with Crippen molar-refractivity contribution < 1.29 is 14.3 Å². The molecule has 0 radical (unpaired) electrons. The minimum Gasteiger partial charge on any atom is -0.494 e. The van der Waals surface area contributed by atoms with Crippen molar-refractivity contribution in [2.24, 2.45) is 0 Å². The van der Waals surface area contributed by atoms with E-state index in [9.17, 15) is 9.59 Å². The number of aryl methyl sites for hydroxylation is 3. The van der Waals surface area contributed by atoms with Crippen LogP contribution in [0.3, 0.4) is 0 Å². The van der Waals surface area contributed by atoms with Crippen LogP contribution < -0.4 is 15.0 Å². The standard InChI is InChI=1S/C28H28N2O3/c1-5-14-33-24-11-7-10-23(17-24)30-27(31)25(21-13-12-19(3)20(4)16-21)26(28(30)32)29-22-9-6-8-18(2)15-22/h6-13,15-17,29H,5,14H2,1-4H3. The first kappa shape index (κ1) is 22.3. The molecule has 0 spiro atoms. The molecule has 2 amide bonds. The largest absolute Gasteiger partial charge is 0.494 e. The van der Waals surface area contributed by atoms with Crippen molar-refractivity contribution in [3.05, 3.63) is 94.7 Å². The van der Waals surface area contributed by atoms with Crippen molar-refractivity contribution in [1.29, 1.82) is 0 Å². The molecule has 3 aromatic carbocycles. The lowest BCUT2D eigenvalue weighted by atomic mass is 9.99. The molecule has 0 fully saturated rings. The fraction of sp³-hybridized carbons (Fsp3) is 0.214. The van der Waals surface area contributed by atoms with Crippen molar-refractivity contribution >= 4 is 28.8 Å². The van der Waals surface area contributed by atoms with Gasteiger partial charge in [-0.2, -0.15) is 0 Å². The molecule has 1 N–H and O–H groups in total. The normalized spacial score (nSPS) is 13.6. The number of carbonyl (C=O) groups excluding carboxylic acids is 2. The zero-order valence-electron chi connectivity index (χ0n) is 19.4. The number of amides is 2. The summed E-state index contributed by atoms with van der Waals surface area (Å²) in [6.07, 6.45) is 0.870. The monoisotopic (exact) mass is 440 g/mol. The third-order valence-corrected chi connectivity index (χ3v) is 5.72. The number of hydrogen-bond donors (Lipinski definition) is 1. The highest BCUT2D eigenvalue weighted by molar-refractivity contribution is 6.46. The summed E-state index contributed by atoms with van der Waals surface area (Å²) in [5, 5.41) is 3.23. The molecule has 5 heteroatoms. The van der Waals surface area contributed by atoms with E-state index in [1.54, 1.807) is 18.2 Å². The van der Waals surface area contributed by atoms with Gasteiger partial charge in [-0.1, -0.05) is 43.3 Å². The van der Waals surface area contributed by atoms with E-state index in [0.717, 1.165) is 28.8 Å². The number of ether oxygens (including phenoxy) is 1. The number of hydrogen-bond acceptors (Lipinski definition) is 4. The Morgan fingerprint density at radius 1 is 0.848 bits per heavy atom. The molecule has 1 aliphatic rings. The highest BCUT2D eigenvalue weighted by atomic mass is 16.5. The van der Waals surface area contributed by atoms with Crippen molar-refractivity contribution in [2.75, 3.05) is 16.8 Å². The van der Waals surface area contributed by atoms with Gasteiger partial charge in [0.25, 0.3) is 11.8 Å². The Labute approximate surface area is 194 Å². The number of anilines is 2. The van der Waals surface area contributed by atoms with Crippen LogP contribution in [0.15, 0.2) is 72.4 Å². The molecule has 33 heavy (non-hydrogen) atoms. The van der Waals surface area contributed by atoms with Crippen LogP contribution >= 0.6 is 0 Å². The van der Waals surface area contributed by atoms with Crippen LogP contribution in [-0.2, 0) is 9.59 Å². The molecule has 0 saturated carbocycles. The molecule has 1 heterocycles. The van der Waals surface area contributed by atoms with Crippen molar-refractivity contribution in [2.45, 2.75) is 34.1 Å². The molecule has 168 valence electrons. The van der Waals surface area contributed by atoms with Gasteiger partial charge >= 0.3 is 0 Å². The van der Waals surface area contributed by atoms with Crippen molar-refractivity contribution in [3.63, 3.8) is 0 Å². The minimum absolute atomic E-state index is 0.272. The molecule has 1 aliphatic heterocycles. The molecule has 3 aromatic rings. The van der Waals surface area contributed by atoms with Crippen LogP contribution in [0.2, 0.25) is 0 Å². The van der Waals surface area contributed by atoms with E-state index < -0.39 is 0 Å². The van der Waals surface area contributed by atoms with Gasteiger partial charge in [0, 0.05) is 11.8 Å². The zero-order valence-corrected chi connectivity index (χ0v) is 19.4. The van der Waals surface area contributed by atoms with E-state index >= 15 is 0 Å². The van der Waals surface area contributed by atoms with E-state index in [-0.39, 0.29) is 17.5 Å². The van der Waals surface area contributed by atoms with Gasteiger partial charge in [-0.05, 0) is 73.7 Å². The van der Waals surface area contributed by atoms with Crippen molar-refractivity contribution in [3.8, 4) is 5.75 Å². The Balaban J connectivity index is 1.79. The molecule has 0 aliphatic carbocycles. The lowest BCUT2D eigenvalue weighted by Gasteiger charge is -2.17. The summed E-state index contributed by atoms with van der Waals surface area (Å²) in [4.78, 5) is 28.5. The summed E-state index contributed by atoms with van der Waals surface area (Å²) in [5.74, 6) is -0.115. The predicted octanol–water partition coefficient (Wildman–Crippen LogP) is 5.80.